The van der Waals surface area contributed by atoms with E-state index in [2.05, 4.69) is 58.9 Å². The number of halogens is 1. The van der Waals surface area contributed by atoms with Gasteiger partial charge in [-0.3, -0.25) is 9.58 Å². The quantitative estimate of drug-likeness (QED) is 0.169. The predicted molar refractivity (Wildman–Crippen MR) is 135 cm³/mol. The summed E-state index contributed by atoms with van der Waals surface area (Å²) in [5, 5.41) is 11.0. The molecule has 1 aromatic carbocycles. The summed E-state index contributed by atoms with van der Waals surface area (Å²) in [5.74, 6) is 1.82. The molecule has 0 unspecified atom stereocenters. The van der Waals surface area contributed by atoms with Gasteiger partial charge in [-0.15, -0.1) is 24.0 Å². The molecule has 3 aromatic rings. The number of aromatic nitrogens is 2. The minimum absolute atomic E-state index is 0. The zero-order valence-corrected chi connectivity index (χ0v) is 20.7. The third-order valence-corrected chi connectivity index (χ3v) is 4.73. The minimum atomic E-state index is 0. The van der Waals surface area contributed by atoms with Gasteiger partial charge in [-0.05, 0) is 49.7 Å². The van der Waals surface area contributed by atoms with Gasteiger partial charge in [-0.25, -0.2) is 4.99 Å². The SMILES string of the molecule is CCNC(=NCc1ccccc1CN(C)Cc1ccco1)NCCCn1cccn1.I. The van der Waals surface area contributed by atoms with Gasteiger partial charge in [0.25, 0.3) is 0 Å². The van der Waals surface area contributed by atoms with E-state index in [4.69, 9.17) is 9.41 Å². The van der Waals surface area contributed by atoms with Crippen LogP contribution >= 0.6 is 24.0 Å². The Morgan fingerprint density at radius 3 is 2.65 bits per heavy atom. The number of nitrogens with one attached hydrogen (secondary N) is 2. The zero-order valence-electron chi connectivity index (χ0n) is 18.3. The lowest BCUT2D eigenvalue weighted by molar-refractivity contribution is 0.287. The first kappa shape index (κ1) is 24.9. The molecule has 8 heteroatoms. The van der Waals surface area contributed by atoms with Gasteiger partial charge in [0, 0.05) is 38.6 Å². The Morgan fingerprint density at radius 1 is 1.10 bits per heavy atom. The third-order valence-electron chi connectivity index (χ3n) is 4.73. The second kappa shape index (κ2) is 13.9. The molecule has 0 radical (unpaired) electrons. The number of hydrogen-bond acceptors (Lipinski definition) is 4. The van der Waals surface area contributed by atoms with Crippen LogP contribution in [0.2, 0.25) is 0 Å². The molecule has 0 aliphatic carbocycles. The van der Waals surface area contributed by atoms with Crippen molar-refractivity contribution in [3.05, 3.63) is 78.0 Å². The molecule has 7 nitrogen and oxygen atoms in total. The Kier molecular flexibility index (Phi) is 11.2. The van der Waals surface area contributed by atoms with Crippen molar-refractivity contribution in [2.45, 2.75) is 39.5 Å². The highest BCUT2D eigenvalue weighted by Gasteiger charge is 2.08. The van der Waals surface area contributed by atoms with Gasteiger partial charge in [0.1, 0.15) is 5.76 Å². The summed E-state index contributed by atoms with van der Waals surface area (Å²) in [6, 6.07) is 14.4. The van der Waals surface area contributed by atoms with E-state index in [1.165, 1.54) is 11.1 Å². The van der Waals surface area contributed by atoms with E-state index in [-0.39, 0.29) is 24.0 Å². The van der Waals surface area contributed by atoms with Crippen molar-refractivity contribution < 1.29 is 4.42 Å². The van der Waals surface area contributed by atoms with Gasteiger partial charge in [-0.1, -0.05) is 24.3 Å². The van der Waals surface area contributed by atoms with Crippen LogP contribution in [0.25, 0.3) is 0 Å². The minimum Gasteiger partial charge on any atom is -0.468 e. The number of furan rings is 1. The van der Waals surface area contributed by atoms with Gasteiger partial charge in [-0.2, -0.15) is 5.10 Å². The highest BCUT2D eigenvalue weighted by Crippen LogP contribution is 2.14. The maximum absolute atomic E-state index is 5.46. The smallest absolute Gasteiger partial charge is 0.191 e. The van der Waals surface area contributed by atoms with Crippen molar-refractivity contribution in [2.24, 2.45) is 4.99 Å². The van der Waals surface area contributed by atoms with Crippen molar-refractivity contribution in [3.63, 3.8) is 0 Å². The Morgan fingerprint density at radius 2 is 1.94 bits per heavy atom. The number of aliphatic imine (C=N–C) groups is 1. The summed E-state index contributed by atoms with van der Waals surface area (Å²) in [4.78, 5) is 7.05. The fourth-order valence-electron chi connectivity index (χ4n) is 3.27. The van der Waals surface area contributed by atoms with E-state index in [1.807, 2.05) is 35.3 Å². The first-order valence-corrected chi connectivity index (χ1v) is 10.5. The van der Waals surface area contributed by atoms with Gasteiger partial charge in [0.2, 0.25) is 0 Å². The van der Waals surface area contributed by atoms with E-state index in [1.54, 1.807) is 6.26 Å². The Hall–Kier alpha value is -2.33. The highest BCUT2D eigenvalue weighted by molar-refractivity contribution is 14.0. The number of benzene rings is 1. The van der Waals surface area contributed by atoms with E-state index < -0.39 is 0 Å². The molecule has 3 rings (SSSR count). The van der Waals surface area contributed by atoms with Crippen molar-refractivity contribution >= 4 is 29.9 Å². The molecular weight excluding hydrogens is 503 g/mol. The topological polar surface area (TPSA) is 70.6 Å². The van der Waals surface area contributed by atoms with Crippen LogP contribution in [-0.2, 0) is 26.2 Å². The number of guanidine groups is 1. The van der Waals surface area contributed by atoms with Gasteiger partial charge < -0.3 is 15.1 Å². The molecule has 2 aromatic heterocycles. The van der Waals surface area contributed by atoms with Crippen LogP contribution in [-0.4, -0.2) is 40.8 Å². The number of hydrogen-bond donors (Lipinski definition) is 2. The summed E-state index contributed by atoms with van der Waals surface area (Å²) in [7, 11) is 2.10. The molecule has 0 saturated carbocycles. The van der Waals surface area contributed by atoms with E-state index in [0.29, 0.717) is 6.54 Å². The van der Waals surface area contributed by atoms with Gasteiger partial charge >= 0.3 is 0 Å². The number of rotatable bonds is 11. The average Bonchev–Trinajstić information content (AvgIpc) is 3.44. The normalized spacial score (nSPS) is 11.4. The monoisotopic (exact) mass is 536 g/mol. The van der Waals surface area contributed by atoms with Crippen LogP contribution in [0.5, 0.6) is 0 Å². The molecule has 31 heavy (non-hydrogen) atoms. The summed E-state index contributed by atoms with van der Waals surface area (Å²) >= 11 is 0. The van der Waals surface area contributed by atoms with E-state index in [0.717, 1.165) is 50.9 Å². The summed E-state index contributed by atoms with van der Waals surface area (Å²) in [6.07, 6.45) is 6.50. The van der Waals surface area contributed by atoms with Crippen molar-refractivity contribution in [3.8, 4) is 0 Å². The second-order valence-corrected chi connectivity index (χ2v) is 7.26. The Balaban J connectivity index is 0.00000341. The lowest BCUT2D eigenvalue weighted by Gasteiger charge is -2.17. The molecule has 2 heterocycles. The first-order valence-electron chi connectivity index (χ1n) is 10.5. The molecule has 0 spiro atoms. The molecule has 168 valence electrons. The lowest BCUT2D eigenvalue weighted by Crippen LogP contribution is -2.38. The average molecular weight is 536 g/mol. The molecule has 2 N–H and O–H groups in total. The Labute approximate surface area is 201 Å². The number of aryl methyl sites for hydroxylation is 1. The number of nitrogens with zero attached hydrogens (tertiary/aromatic N) is 4. The standard InChI is InChI=1S/C23H32N6O.HI/c1-3-24-23(25-12-7-14-29-15-8-13-27-29)26-17-20-9-4-5-10-21(20)18-28(2)19-22-11-6-16-30-22;/h4-6,8-11,13,15-16H,3,7,12,14,17-19H2,1-2H3,(H2,24,25,26);1H. The van der Waals surface area contributed by atoms with Crippen molar-refractivity contribution in [1.82, 2.24) is 25.3 Å². The van der Waals surface area contributed by atoms with Crippen LogP contribution in [0, 0.1) is 0 Å². The fourth-order valence-corrected chi connectivity index (χ4v) is 3.27. The summed E-state index contributed by atoms with van der Waals surface area (Å²) < 4.78 is 7.41. The van der Waals surface area contributed by atoms with Crippen LogP contribution in [0.1, 0.15) is 30.2 Å². The molecule has 0 saturated heterocycles. The maximum Gasteiger partial charge on any atom is 0.191 e. The molecule has 0 fully saturated rings. The third kappa shape index (κ3) is 8.74. The molecule has 0 aliphatic heterocycles. The van der Waals surface area contributed by atoms with Crippen molar-refractivity contribution in [2.75, 3.05) is 20.1 Å². The van der Waals surface area contributed by atoms with Gasteiger partial charge in [0.05, 0.1) is 19.4 Å². The zero-order chi connectivity index (χ0) is 21.0. The maximum atomic E-state index is 5.46. The largest absolute Gasteiger partial charge is 0.468 e. The fraction of sp³-hybridized carbons (Fsp3) is 0.391. The summed E-state index contributed by atoms with van der Waals surface area (Å²) in [6.45, 7) is 6.92. The summed E-state index contributed by atoms with van der Waals surface area (Å²) in [5.41, 5.74) is 2.52. The molecule has 0 amide bonds. The van der Waals surface area contributed by atoms with Crippen LogP contribution in [0.3, 0.4) is 0 Å². The highest BCUT2D eigenvalue weighted by atomic mass is 127. The molecule has 0 aliphatic rings. The van der Waals surface area contributed by atoms with E-state index in [9.17, 15) is 0 Å². The lowest BCUT2D eigenvalue weighted by atomic mass is 10.1. The molecular formula is C23H33IN6O. The predicted octanol–water partition coefficient (Wildman–Crippen LogP) is 3.87. The van der Waals surface area contributed by atoms with Crippen LogP contribution in [0.15, 0.2) is 70.5 Å². The van der Waals surface area contributed by atoms with Gasteiger partial charge in [0.15, 0.2) is 5.96 Å². The second-order valence-electron chi connectivity index (χ2n) is 7.26. The van der Waals surface area contributed by atoms with Crippen LogP contribution in [0.4, 0.5) is 0 Å². The van der Waals surface area contributed by atoms with E-state index >= 15 is 0 Å². The molecule has 0 bridgehead atoms. The van der Waals surface area contributed by atoms with Crippen molar-refractivity contribution in [1.29, 1.82) is 0 Å². The molecule has 0 atom stereocenters. The Bertz CT molecular complexity index is 879. The van der Waals surface area contributed by atoms with Crippen LogP contribution < -0.4 is 10.6 Å². The first-order chi connectivity index (χ1) is 14.7.